The van der Waals surface area contributed by atoms with Gasteiger partial charge in [0.05, 0.1) is 11.4 Å². The van der Waals surface area contributed by atoms with E-state index in [1.165, 1.54) is 11.8 Å². The molecule has 0 radical (unpaired) electrons. The van der Waals surface area contributed by atoms with E-state index < -0.39 is 5.97 Å². The average molecular weight is 263 g/mol. The maximum Gasteiger partial charge on any atom is 0.341 e. The van der Waals surface area contributed by atoms with Crippen molar-refractivity contribution in [2.75, 3.05) is 5.75 Å². The summed E-state index contributed by atoms with van der Waals surface area (Å²) in [5, 5.41) is 18.9. The second kappa shape index (κ2) is 4.86. The summed E-state index contributed by atoms with van der Waals surface area (Å²) in [5.74, 6) is -0.985. The number of aliphatic hydroxyl groups excluding tert-OH is 1. The first-order valence-corrected chi connectivity index (χ1v) is 6.42. The first kappa shape index (κ1) is 12.7. The first-order chi connectivity index (χ1) is 8.49. The molecule has 94 valence electrons. The third-order valence-electron chi connectivity index (χ3n) is 2.78. The van der Waals surface area contributed by atoms with E-state index in [0.717, 1.165) is 11.1 Å². The van der Waals surface area contributed by atoms with E-state index in [9.17, 15) is 9.90 Å². The number of benzene rings is 1. The van der Waals surface area contributed by atoms with Crippen LogP contribution in [0.5, 0.6) is 0 Å². The number of carboxylic acids is 1. The molecule has 1 aliphatic rings. The summed E-state index contributed by atoms with van der Waals surface area (Å²) in [6.07, 6.45) is 0. The van der Waals surface area contributed by atoms with Crippen LogP contribution in [-0.4, -0.2) is 27.0 Å². The van der Waals surface area contributed by atoms with Gasteiger partial charge in [0.25, 0.3) is 0 Å². The predicted molar refractivity (Wildman–Crippen MR) is 72.8 cm³/mol. The molecule has 2 rings (SSSR count). The van der Waals surface area contributed by atoms with Crippen molar-refractivity contribution >= 4 is 28.5 Å². The summed E-state index contributed by atoms with van der Waals surface area (Å²) in [6.45, 7) is 3.98. The van der Waals surface area contributed by atoms with Gasteiger partial charge in [-0.3, -0.25) is 0 Å². The minimum absolute atomic E-state index is 0.0850. The topological polar surface area (TPSA) is 69.9 Å². The third kappa shape index (κ3) is 2.41. The van der Waals surface area contributed by atoms with Crippen molar-refractivity contribution in [1.29, 1.82) is 0 Å². The van der Waals surface area contributed by atoms with Crippen LogP contribution in [0.4, 0.5) is 5.69 Å². The van der Waals surface area contributed by atoms with Gasteiger partial charge in [-0.15, -0.1) is 0 Å². The molecule has 1 aromatic carbocycles. The summed E-state index contributed by atoms with van der Waals surface area (Å²) in [7, 11) is 0. The van der Waals surface area contributed by atoms with Crippen molar-refractivity contribution in [3.8, 4) is 0 Å². The number of hydrogen-bond acceptors (Lipinski definition) is 4. The van der Waals surface area contributed by atoms with Gasteiger partial charge in [0.15, 0.2) is 0 Å². The number of aliphatic imine (C=N–C) groups is 1. The van der Waals surface area contributed by atoms with Crippen LogP contribution in [0.2, 0.25) is 0 Å². The van der Waals surface area contributed by atoms with Crippen molar-refractivity contribution in [3.63, 3.8) is 0 Å². The number of carbonyl (C=O) groups is 1. The van der Waals surface area contributed by atoms with Gasteiger partial charge >= 0.3 is 5.97 Å². The van der Waals surface area contributed by atoms with Gasteiger partial charge < -0.3 is 10.2 Å². The van der Waals surface area contributed by atoms with E-state index in [-0.39, 0.29) is 17.1 Å². The van der Waals surface area contributed by atoms with Gasteiger partial charge in [0, 0.05) is 0 Å². The third-order valence-corrected chi connectivity index (χ3v) is 3.77. The maximum atomic E-state index is 11.0. The molecule has 0 saturated heterocycles. The van der Waals surface area contributed by atoms with Crippen LogP contribution in [0, 0.1) is 13.8 Å². The molecule has 4 nitrogen and oxygen atoms in total. The molecule has 0 spiro atoms. The van der Waals surface area contributed by atoms with Gasteiger partial charge in [0.2, 0.25) is 0 Å². The number of carboxylic acid groups (broad SMARTS) is 1. The van der Waals surface area contributed by atoms with E-state index in [1.54, 1.807) is 0 Å². The Hall–Kier alpha value is -1.75. The van der Waals surface area contributed by atoms with Crippen molar-refractivity contribution in [3.05, 3.63) is 40.7 Å². The van der Waals surface area contributed by atoms with Crippen molar-refractivity contribution < 1.29 is 15.0 Å². The van der Waals surface area contributed by atoms with Crippen molar-refractivity contribution in [1.82, 2.24) is 0 Å². The van der Waals surface area contributed by atoms with E-state index in [1.807, 2.05) is 32.0 Å². The lowest BCUT2D eigenvalue weighted by Gasteiger charge is -2.03. The highest BCUT2D eigenvalue weighted by atomic mass is 32.2. The number of aliphatic hydroxyl groups is 1. The molecule has 0 saturated carbocycles. The number of hydrogen-bond donors (Lipinski definition) is 2. The molecule has 2 N–H and O–H groups in total. The van der Waals surface area contributed by atoms with Gasteiger partial charge in [0.1, 0.15) is 16.4 Å². The van der Waals surface area contributed by atoms with E-state index in [2.05, 4.69) is 4.99 Å². The fraction of sp³-hybridized carbons (Fsp3) is 0.231. The van der Waals surface area contributed by atoms with E-state index in [0.29, 0.717) is 10.7 Å². The lowest BCUT2D eigenvalue weighted by molar-refractivity contribution is -0.132. The van der Waals surface area contributed by atoms with Crippen LogP contribution in [0.25, 0.3) is 0 Å². The Morgan fingerprint density at radius 3 is 2.67 bits per heavy atom. The summed E-state index contributed by atoms with van der Waals surface area (Å²) in [6, 6.07) is 5.68. The molecule has 1 aromatic rings. The van der Waals surface area contributed by atoms with Crippen molar-refractivity contribution in [2.45, 2.75) is 13.8 Å². The highest BCUT2D eigenvalue weighted by Gasteiger charge is 2.27. The molecule has 0 atom stereocenters. The molecule has 0 fully saturated rings. The zero-order valence-corrected chi connectivity index (χ0v) is 10.9. The lowest BCUT2D eigenvalue weighted by Crippen LogP contribution is -2.07. The smallest absolute Gasteiger partial charge is 0.341 e. The maximum absolute atomic E-state index is 11.0. The van der Waals surface area contributed by atoms with E-state index in [4.69, 9.17) is 5.11 Å². The van der Waals surface area contributed by atoms with Crippen LogP contribution in [0.1, 0.15) is 11.1 Å². The second-order valence-corrected chi connectivity index (χ2v) is 5.07. The van der Waals surface area contributed by atoms with Gasteiger partial charge in [-0.1, -0.05) is 17.8 Å². The number of aliphatic carboxylic acids is 1. The summed E-state index contributed by atoms with van der Waals surface area (Å²) in [5.41, 5.74) is 2.88. The van der Waals surface area contributed by atoms with Crippen LogP contribution in [-0.2, 0) is 4.79 Å². The number of nitrogens with zero attached hydrogens (tertiary/aromatic N) is 1. The molecule has 0 aliphatic carbocycles. The molecule has 0 unspecified atom stereocenters. The molecular weight excluding hydrogens is 250 g/mol. The van der Waals surface area contributed by atoms with Crippen LogP contribution in [0.3, 0.4) is 0 Å². The molecule has 1 aliphatic heterocycles. The Morgan fingerprint density at radius 1 is 1.33 bits per heavy atom. The lowest BCUT2D eigenvalue weighted by atomic mass is 10.1. The Morgan fingerprint density at radius 2 is 2.06 bits per heavy atom. The molecule has 0 aromatic heterocycles. The van der Waals surface area contributed by atoms with Crippen LogP contribution < -0.4 is 0 Å². The summed E-state index contributed by atoms with van der Waals surface area (Å²) >= 11 is 1.24. The number of rotatable bonds is 2. The zero-order valence-electron chi connectivity index (χ0n) is 10.1. The Balaban J connectivity index is 2.39. The predicted octanol–water partition coefficient (Wildman–Crippen LogP) is 2.98. The molecule has 1 heterocycles. The van der Waals surface area contributed by atoms with E-state index >= 15 is 0 Å². The fourth-order valence-electron chi connectivity index (χ4n) is 1.62. The Labute approximate surface area is 109 Å². The Kier molecular flexibility index (Phi) is 3.43. The monoisotopic (exact) mass is 263 g/mol. The average Bonchev–Trinajstić information content (AvgIpc) is 2.65. The highest BCUT2D eigenvalue weighted by Crippen LogP contribution is 2.29. The number of aryl methyl sites for hydroxylation is 2. The fourth-order valence-corrected chi connectivity index (χ4v) is 2.56. The first-order valence-electron chi connectivity index (χ1n) is 5.43. The summed E-state index contributed by atoms with van der Waals surface area (Å²) in [4.78, 5) is 15.3. The standard InChI is InChI=1S/C13H13NO3S/c1-7-3-4-9(5-8(7)2)14-12-11(13(16)17)10(15)6-18-12/h3-5,15H,6H2,1-2H3,(H,16,17). The quantitative estimate of drug-likeness (QED) is 0.860. The second-order valence-electron chi connectivity index (χ2n) is 4.10. The molecule has 18 heavy (non-hydrogen) atoms. The highest BCUT2D eigenvalue weighted by molar-refractivity contribution is 8.15. The number of thioether (sulfide) groups is 1. The molecule has 0 amide bonds. The largest absolute Gasteiger partial charge is 0.510 e. The van der Waals surface area contributed by atoms with Gasteiger partial charge in [-0.05, 0) is 37.1 Å². The SMILES string of the molecule is Cc1ccc(N=C2SCC(O)=C2C(=O)O)cc1C. The Bertz CT molecular complexity index is 576. The van der Waals surface area contributed by atoms with Crippen molar-refractivity contribution in [2.24, 2.45) is 4.99 Å². The zero-order chi connectivity index (χ0) is 13.3. The minimum Gasteiger partial charge on any atom is -0.510 e. The van der Waals surface area contributed by atoms with Gasteiger partial charge in [-0.25, -0.2) is 9.79 Å². The van der Waals surface area contributed by atoms with Gasteiger partial charge in [-0.2, -0.15) is 0 Å². The molecular formula is C13H13NO3S. The summed E-state index contributed by atoms with van der Waals surface area (Å²) < 4.78 is 0. The normalized spacial score (nSPS) is 17.6. The van der Waals surface area contributed by atoms with Crippen LogP contribution >= 0.6 is 11.8 Å². The minimum atomic E-state index is -1.14. The molecule has 0 bridgehead atoms. The molecule has 5 heteroatoms. The van der Waals surface area contributed by atoms with Crippen LogP contribution in [0.15, 0.2) is 34.5 Å².